The van der Waals surface area contributed by atoms with Gasteiger partial charge in [0.2, 0.25) is 11.8 Å². The first-order valence-electron chi connectivity index (χ1n) is 8.48. The largest absolute Gasteiger partial charge is 0.350 e. The summed E-state index contributed by atoms with van der Waals surface area (Å²) >= 11 is 0. The van der Waals surface area contributed by atoms with Crippen molar-refractivity contribution < 1.29 is 18.0 Å². The van der Waals surface area contributed by atoms with Crippen molar-refractivity contribution in [3.8, 4) is 0 Å². The van der Waals surface area contributed by atoms with Crippen LogP contribution in [0.1, 0.15) is 40.0 Å². The second-order valence-electron chi connectivity index (χ2n) is 8.06. The van der Waals surface area contributed by atoms with Gasteiger partial charge in [0.25, 0.3) is 0 Å². The van der Waals surface area contributed by atoms with E-state index in [2.05, 4.69) is 5.32 Å². The van der Waals surface area contributed by atoms with E-state index in [1.165, 1.54) is 0 Å². The lowest BCUT2D eigenvalue weighted by molar-refractivity contribution is -0.135. The number of amides is 2. The van der Waals surface area contributed by atoms with Gasteiger partial charge in [-0.3, -0.25) is 14.5 Å². The van der Waals surface area contributed by atoms with Crippen LogP contribution in [0.25, 0.3) is 0 Å². The maximum Gasteiger partial charge on any atom is 0.237 e. The average molecular weight is 359 g/mol. The molecular weight excluding hydrogens is 330 g/mol. The lowest BCUT2D eigenvalue weighted by Gasteiger charge is -2.30. The van der Waals surface area contributed by atoms with Gasteiger partial charge < -0.3 is 10.2 Å². The van der Waals surface area contributed by atoms with Gasteiger partial charge in [0.05, 0.1) is 24.6 Å². The number of hydrogen-bond donors (Lipinski definition) is 1. The van der Waals surface area contributed by atoms with E-state index in [0.29, 0.717) is 6.42 Å². The number of carbonyl (C=O) groups excluding carboxylic acids is 2. The molecule has 0 aromatic rings. The highest BCUT2D eigenvalue weighted by Crippen LogP contribution is 2.32. The molecule has 2 fully saturated rings. The van der Waals surface area contributed by atoms with Crippen molar-refractivity contribution in [3.05, 3.63) is 0 Å². The minimum absolute atomic E-state index is 0.0729. The monoisotopic (exact) mass is 359 g/mol. The Kier molecular flexibility index (Phi) is 5.59. The second-order valence-corrected chi connectivity index (χ2v) is 10.3. The summed E-state index contributed by atoms with van der Waals surface area (Å²) in [6, 6.07) is -0.0283. The van der Waals surface area contributed by atoms with Crippen LogP contribution in [0.2, 0.25) is 0 Å². The van der Waals surface area contributed by atoms with Crippen molar-refractivity contribution in [2.24, 2.45) is 0 Å². The number of rotatable bonds is 6. The molecule has 0 radical (unpaired) electrons. The first kappa shape index (κ1) is 19.2. The maximum atomic E-state index is 12.7. The summed E-state index contributed by atoms with van der Waals surface area (Å²) in [6.07, 6.45) is 2.41. The van der Waals surface area contributed by atoms with Crippen molar-refractivity contribution in [1.82, 2.24) is 15.1 Å². The Morgan fingerprint density at radius 1 is 1.08 bits per heavy atom. The summed E-state index contributed by atoms with van der Waals surface area (Å²) < 4.78 is 23.4. The highest BCUT2D eigenvalue weighted by molar-refractivity contribution is 7.91. The minimum atomic E-state index is -3.02. The summed E-state index contributed by atoms with van der Waals surface area (Å²) in [5, 5.41) is 2.87. The molecule has 8 heteroatoms. The van der Waals surface area contributed by atoms with E-state index in [9.17, 15) is 18.0 Å². The molecule has 0 unspecified atom stereocenters. The molecule has 0 bridgehead atoms. The summed E-state index contributed by atoms with van der Waals surface area (Å²) in [5.74, 6) is 0.0337. The molecule has 138 valence electrons. The first-order chi connectivity index (χ1) is 11.0. The number of nitrogens with one attached hydrogen (secondary N) is 1. The highest BCUT2D eigenvalue weighted by Gasteiger charge is 2.42. The van der Waals surface area contributed by atoms with Gasteiger partial charge >= 0.3 is 0 Å². The molecule has 2 rings (SSSR count). The topological polar surface area (TPSA) is 86.8 Å². The quantitative estimate of drug-likeness (QED) is 0.722. The summed E-state index contributed by atoms with van der Waals surface area (Å²) in [6.45, 7) is 6.00. The molecule has 1 aliphatic heterocycles. The lowest BCUT2D eigenvalue weighted by atomic mass is 10.1. The van der Waals surface area contributed by atoms with Crippen molar-refractivity contribution in [1.29, 1.82) is 0 Å². The number of nitrogens with zero attached hydrogens (tertiary/aromatic N) is 2. The molecule has 1 atom stereocenters. The standard InChI is InChI=1S/C16H29N3O4S/c1-16(2,3)17-14(20)9-18(4)10-15(21)19(12-5-6-12)13-7-8-24(22,23)11-13/h12-13H,5-11H2,1-4H3,(H,17,20)/t13-/m0/s1. The van der Waals surface area contributed by atoms with Crippen LogP contribution in [0, 0.1) is 0 Å². The third-order valence-corrected chi connectivity index (χ3v) is 5.91. The van der Waals surface area contributed by atoms with Gasteiger partial charge in [0, 0.05) is 17.6 Å². The van der Waals surface area contributed by atoms with E-state index in [0.717, 1.165) is 12.8 Å². The Morgan fingerprint density at radius 2 is 1.71 bits per heavy atom. The van der Waals surface area contributed by atoms with Gasteiger partial charge in [0.15, 0.2) is 9.84 Å². The number of hydrogen-bond acceptors (Lipinski definition) is 5. The number of sulfone groups is 1. The molecule has 2 aliphatic rings. The molecule has 0 spiro atoms. The molecule has 2 amide bonds. The predicted molar refractivity (Wildman–Crippen MR) is 92.3 cm³/mol. The Hall–Kier alpha value is -1.15. The van der Waals surface area contributed by atoms with Gasteiger partial charge in [-0.15, -0.1) is 0 Å². The van der Waals surface area contributed by atoms with Crippen LogP contribution in [0.5, 0.6) is 0 Å². The fraction of sp³-hybridized carbons (Fsp3) is 0.875. The Balaban J connectivity index is 1.90. The smallest absolute Gasteiger partial charge is 0.237 e. The van der Waals surface area contributed by atoms with Crippen LogP contribution < -0.4 is 5.32 Å². The molecule has 1 heterocycles. The van der Waals surface area contributed by atoms with E-state index < -0.39 is 9.84 Å². The fourth-order valence-electron chi connectivity index (χ4n) is 3.12. The third-order valence-electron chi connectivity index (χ3n) is 4.16. The van der Waals surface area contributed by atoms with Gasteiger partial charge in [0.1, 0.15) is 0 Å². The zero-order valence-electron chi connectivity index (χ0n) is 15.0. The van der Waals surface area contributed by atoms with E-state index in [1.54, 1.807) is 16.8 Å². The third kappa shape index (κ3) is 5.73. The molecule has 1 aliphatic carbocycles. The zero-order valence-corrected chi connectivity index (χ0v) is 15.9. The molecule has 0 aromatic heterocycles. The van der Waals surface area contributed by atoms with Crippen LogP contribution >= 0.6 is 0 Å². The minimum Gasteiger partial charge on any atom is -0.350 e. The Labute approximate surface area is 144 Å². The number of likely N-dealkylation sites (N-methyl/N-ethyl adjacent to an activating group) is 1. The maximum absolute atomic E-state index is 12.7. The zero-order chi connectivity index (χ0) is 18.1. The molecule has 0 aromatic carbocycles. The van der Waals surface area contributed by atoms with Crippen LogP contribution in [-0.2, 0) is 19.4 Å². The van der Waals surface area contributed by atoms with E-state index in [1.807, 2.05) is 20.8 Å². The Bertz CT molecular complexity index is 593. The van der Waals surface area contributed by atoms with Gasteiger partial charge in [-0.2, -0.15) is 0 Å². The SMILES string of the molecule is CN(CC(=O)NC(C)(C)C)CC(=O)N(C1CC1)[C@H]1CCS(=O)(=O)C1. The van der Waals surface area contributed by atoms with E-state index in [-0.39, 0.29) is 54.0 Å². The lowest BCUT2D eigenvalue weighted by Crippen LogP contribution is -2.49. The highest BCUT2D eigenvalue weighted by atomic mass is 32.2. The molecule has 1 N–H and O–H groups in total. The summed E-state index contributed by atoms with van der Waals surface area (Å²) in [7, 11) is -1.29. The van der Waals surface area contributed by atoms with Crippen molar-refractivity contribution in [3.63, 3.8) is 0 Å². The van der Waals surface area contributed by atoms with Crippen LogP contribution in [0.3, 0.4) is 0 Å². The molecule has 7 nitrogen and oxygen atoms in total. The average Bonchev–Trinajstić information content (AvgIpc) is 3.11. The predicted octanol–water partition coefficient (Wildman–Crippen LogP) is 0.0110. The molecule has 1 saturated carbocycles. The summed E-state index contributed by atoms with van der Waals surface area (Å²) in [4.78, 5) is 28.1. The van der Waals surface area contributed by atoms with Crippen LogP contribution in [0.4, 0.5) is 0 Å². The van der Waals surface area contributed by atoms with Gasteiger partial charge in [-0.05, 0) is 47.1 Å². The summed E-state index contributed by atoms with van der Waals surface area (Å²) in [5.41, 5.74) is -0.305. The van der Waals surface area contributed by atoms with Crippen molar-refractivity contribution in [2.75, 3.05) is 31.6 Å². The molecular formula is C16H29N3O4S. The fourth-order valence-corrected chi connectivity index (χ4v) is 4.84. The van der Waals surface area contributed by atoms with E-state index in [4.69, 9.17) is 0 Å². The van der Waals surface area contributed by atoms with Crippen molar-refractivity contribution >= 4 is 21.7 Å². The number of carbonyl (C=O) groups is 2. The van der Waals surface area contributed by atoms with Gasteiger partial charge in [-0.25, -0.2) is 8.42 Å². The Morgan fingerprint density at radius 3 is 2.17 bits per heavy atom. The van der Waals surface area contributed by atoms with Crippen LogP contribution in [0.15, 0.2) is 0 Å². The van der Waals surface area contributed by atoms with Gasteiger partial charge in [-0.1, -0.05) is 0 Å². The van der Waals surface area contributed by atoms with Crippen LogP contribution in [-0.4, -0.2) is 79.3 Å². The second kappa shape index (κ2) is 7.00. The van der Waals surface area contributed by atoms with E-state index >= 15 is 0 Å². The molecule has 24 heavy (non-hydrogen) atoms. The first-order valence-corrected chi connectivity index (χ1v) is 10.3. The molecule has 1 saturated heterocycles. The normalized spacial score (nSPS) is 23.3. The van der Waals surface area contributed by atoms with Crippen molar-refractivity contribution in [2.45, 2.75) is 57.7 Å².